The third-order valence-corrected chi connectivity index (χ3v) is 3.26. The number of nitrogens with zero attached hydrogens (tertiary/aromatic N) is 3. The largest absolute Gasteiger partial charge is 0.339 e. The molecule has 108 valence electrons. The first-order chi connectivity index (χ1) is 9.69. The summed E-state index contributed by atoms with van der Waals surface area (Å²) in [6, 6.07) is 4.29. The van der Waals surface area contributed by atoms with Gasteiger partial charge < -0.3 is 9.84 Å². The van der Waals surface area contributed by atoms with Gasteiger partial charge in [-0.3, -0.25) is 4.98 Å². The van der Waals surface area contributed by atoms with Gasteiger partial charge in [-0.2, -0.15) is 4.98 Å². The molecular weight excluding hydrogens is 252 g/mol. The minimum Gasteiger partial charge on any atom is -0.339 e. The lowest BCUT2D eigenvalue weighted by Crippen LogP contribution is -2.35. The molecule has 0 saturated carbocycles. The van der Waals surface area contributed by atoms with Gasteiger partial charge in [0.05, 0.1) is 0 Å². The van der Waals surface area contributed by atoms with Crippen LogP contribution in [0, 0.1) is 5.92 Å². The fraction of sp³-hybridized carbons (Fsp3) is 0.533. The summed E-state index contributed by atoms with van der Waals surface area (Å²) in [6.07, 6.45) is 5.01. The lowest BCUT2D eigenvalue weighted by molar-refractivity contribution is 0.327. The van der Waals surface area contributed by atoms with Crippen molar-refractivity contribution in [3.8, 4) is 0 Å². The maximum atomic E-state index is 5.34. The van der Waals surface area contributed by atoms with E-state index in [2.05, 4.69) is 41.2 Å². The van der Waals surface area contributed by atoms with Crippen molar-refractivity contribution in [2.45, 2.75) is 39.7 Å². The van der Waals surface area contributed by atoms with Gasteiger partial charge in [0.25, 0.3) is 0 Å². The summed E-state index contributed by atoms with van der Waals surface area (Å²) < 4.78 is 5.34. The van der Waals surface area contributed by atoms with E-state index >= 15 is 0 Å². The third-order valence-electron chi connectivity index (χ3n) is 3.26. The van der Waals surface area contributed by atoms with Crippen molar-refractivity contribution in [2.24, 2.45) is 5.92 Å². The summed E-state index contributed by atoms with van der Waals surface area (Å²) in [5.41, 5.74) is 1.09. The predicted octanol–water partition coefficient (Wildman–Crippen LogP) is 2.23. The molecule has 0 aromatic carbocycles. The monoisotopic (exact) mass is 274 g/mol. The minimum atomic E-state index is 0.367. The molecule has 0 spiro atoms. The van der Waals surface area contributed by atoms with Gasteiger partial charge in [0.15, 0.2) is 5.82 Å². The molecule has 1 atom stereocenters. The molecule has 2 aromatic rings. The second-order valence-electron chi connectivity index (χ2n) is 5.25. The van der Waals surface area contributed by atoms with Crippen molar-refractivity contribution in [2.75, 3.05) is 6.54 Å². The molecule has 1 N–H and O–H groups in total. The van der Waals surface area contributed by atoms with E-state index in [0.717, 1.165) is 18.5 Å². The zero-order valence-corrected chi connectivity index (χ0v) is 12.3. The average Bonchev–Trinajstić information content (AvgIpc) is 2.86. The summed E-state index contributed by atoms with van der Waals surface area (Å²) in [6.45, 7) is 7.44. The van der Waals surface area contributed by atoms with Gasteiger partial charge in [0.2, 0.25) is 5.89 Å². The van der Waals surface area contributed by atoms with Crippen molar-refractivity contribution < 1.29 is 4.52 Å². The quantitative estimate of drug-likeness (QED) is 0.839. The Balaban J connectivity index is 1.98. The first kappa shape index (κ1) is 14.7. The smallest absolute Gasteiger partial charge is 0.228 e. The van der Waals surface area contributed by atoms with E-state index in [1.165, 1.54) is 0 Å². The highest BCUT2D eigenvalue weighted by atomic mass is 16.5. The average molecular weight is 274 g/mol. The lowest BCUT2D eigenvalue weighted by Gasteiger charge is -2.19. The molecule has 0 saturated heterocycles. The summed E-state index contributed by atoms with van der Waals surface area (Å²) in [4.78, 5) is 8.55. The Bertz CT molecular complexity index is 510. The van der Waals surface area contributed by atoms with Crippen LogP contribution in [0.25, 0.3) is 0 Å². The number of aromatic nitrogens is 3. The van der Waals surface area contributed by atoms with Crippen molar-refractivity contribution in [1.82, 2.24) is 20.4 Å². The normalized spacial score (nSPS) is 12.8. The Morgan fingerprint density at radius 3 is 2.85 bits per heavy atom. The molecule has 0 fully saturated rings. The maximum absolute atomic E-state index is 5.34. The van der Waals surface area contributed by atoms with Crippen LogP contribution in [0.3, 0.4) is 0 Å². The molecule has 1 unspecified atom stereocenters. The van der Waals surface area contributed by atoms with Crippen molar-refractivity contribution in [3.05, 3.63) is 41.8 Å². The number of hydrogen-bond donors (Lipinski definition) is 1. The highest BCUT2D eigenvalue weighted by Gasteiger charge is 2.17. The van der Waals surface area contributed by atoms with E-state index in [1.54, 1.807) is 6.20 Å². The molecule has 0 aliphatic rings. The van der Waals surface area contributed by atoms with Crippen LogP contribution in [0.15, 0.2) is 29.0 Å². The standard InChI is InChI=1S/C15H22N4O/c1-4-17-13(11(2)3)9-15-18-14(19-20-15)8-12-6-5-7-16-10-12/h5-7,10-11,13,17H,4,8-9H2,1-3H3. The first-order valence-corrected chi connectivity index (χ1v) is 7.12. The molecular formula is C15H22N4O. The molecule has 0 amide bonds. The van der Waals surface area contributed by atoms with E-state index in [1.807, 2.05) is 18.3 Å². The number of likely N-dealkylation sites (N-methyl/N-ethyl adjacent to an activating group) is 1. The third kappa shape index (κ3) is 4.13. The molecule has 0 bridgehead atoms. The summed E-state index contributed by atoms with van der Waals surface area (Å²) in [5.74, 6) is 1.94. The van der Waals surface area contributed by atoms with Crippen LogP contribution in [-0.4, -0.2) is 27.7 Å². The van der Waals surface area contributed by atoms with E-state index in [4.69, 9.17) is 4.52 Å². The topological polar surface area (TPSA) is 63.8 Å². The second kappa shape index (κ2) is 7.14. The molecule has 2 rings (SSSR count). The zero-order chi connectivity index (χ0) is 14.4. The zero-order valence-electron chi connectivity index (χ0n) is 12.3. The Morgan fingerprint density at radius 2 is 2.20 bits per heavy atom. The van der Waals surface area contributed by atoms with Crippen molar-refractivity contribution >= 4 is 0 Å². The highest BCUT2D eigenvalue weighted by Crippen LogP contribution is 2.10. The molecule has 2 heterocycles. The second-order valence-corrected chi connectivity index (χ2v) is 5.25. The number of pyridine rings is 1. The Morgan fingerprint density at radius 1 is 1.35 bits per heavy atom. The van der Waals surface area contributed by atoms with E-state index in [9.17, 15) is 0 Å². The van der Waals surface area contributed by atoms with Crippen molar-refractivity contribution in [1.29, 1.82) is 0 Å². The SMILES string of the molecule is CCNC(Cc1nc(Cc2cccnc2)no1)C(C)C. The predicted molar refractivity (Wildman–Crippen MR) is 77.3 cm³/mol. The molecule has 0 aliphatic heterocycles. The minimum absolute atomic E-state index is 0.367. The lowest BCUT2D eigenvalue weighted by atomic mass is 10.0. The van der Waals surface area contributed by atoms with E-state index < -0.39 is 0 Å². The summed E-state index contributed by atoms with van der Waals surface area (Å²) >= 11 is 0. The van der Waals surface area contributed by atoms with Crippen LogP contribution in [0.4, 0.5) is 0 Å². The van der Waals surface area contributed by atoms with Gasteiger partial charge in [0, 0.05) is 31.3 Å². The van der Waals surface area contributed by atoms with Crippen LogP contribution in [-0.2, 0) is 12.8 Å². The number of hydrogen-bond acceptors (Lipinski definition) is 5. The van der Waals surface area contributed by atoms with Gasteiger partial charge in [-0.05, 0) is 24.1 Å². The Labute approximate surface area is 119 Å². The van der Waals surface area contributed by atoms with E-state index in [0.29, 0.717) is 30.1 Å². The van der Waals surface area contributed by atoms with Gasteiger partial charge in [-0.1, -0.05) is 32.0 Å². The summed E-state index contributed by atoms with van der Waals surface area (Å²) in [7, 11) is 0. The first-order valence-electron chi connectivity index (χ1n) is 7.12. The molecule has 0 aliphatic carbocycles. The molecule has 5 nitrogen and oxygen atoms in total. The molecule has 20 heavy (non-hydrogen) atoms. The fourth-order valence-corrected chi connectivity index (χ4v) is 2.12. The molecule has 2 aromatic heterocycles. The van der Waals surface area contributed by atoms with Crippen molar-refractivity contribution in [3.63, 3.8) is 0 Å². The summed E-state index contributed by atoms with van der Waals surface area (Å²) in [5, 5.41) is 7.49. The maximum Gasteiger partial charge on any atom is 0.228 e. The van der Waals surface area contributed by atoms with Crippen LogP contribution < -0.4 is 5.32 Å². The molecule has 0 radical (unpaired) electrons. The van der Waals surface area contributed by atoms with Crippen LogP contribution >= 0.6 is 0 Å². The van der Waals surface area contributed by atoms with Gasteiger partial charge in [-0.15, -0.1) is 0 Å². The van der Waals surface area contributed by atoms with Gasteiger partial charge in [-0.25, -0.2) is 0 Å². The van der Waals surface area contributed by atoms with E-state index in [-0.39, 0.29) is 0 Å². The number of nitrogens with one attached hydrogen (secondary N) is 1. The number of rotatable bonds is 7. The Hall–Kier alpha value is -1.75. The Kier molecular flexibility index (Phi) is 5.24. The van der Waals surface area contributed by atoms with Crippen LogP contribution in [0.5, 0.6) is 0 Å². The molecule has 5 heteroatoms. The highest BCUT2D eigenvalue weighted by molar-refractivity contribution is 5.13. The van der Waals surface area contributed by atoms with Crippen LogP contribution in [0.1, 0.15) is 38.0 Å². The van der Waals surface area contributed by atoms with Crippen LogP contribution in [0.2, 0.25) is 0 Å². The van der Waals surface area contributed by atoms with Gasteiger partial charge >= 0.3 is 0 Å². The van der Waals surface area contributed by atoms with Gasteiger partial charge in [0.1, 0.15) is 0 Å². The fourth-order valence-electron chi connectivity index (χ4n) is 2.12.